The Kier molecular flexibility index (Phi) is 23.1. The fraction of sp³-hybridized carbons (Fsp3) is 0.756. The van der Waals surface area contributed by atoms with Crippen LogP contribution in [0.2, 0.25) is 0 Å². The lowest BCUT2D eigenvalue weighted by Gasteiger charge is -2.34. The van der Waals surface area contributed by atoms with Gasteiger partial charge in [-0.15, -0.1) is 0 Å². The molecule has 3 amide bonds. The molecule has 310 valence electrons. The number of nitrogens with one attached hydrogen (secondary N) is 3. The number of carbonyl (C=O) groups is 4. The molecule has 0 radical (unpaired) electrons. The number of amides is 3. The second-order valence-electron chi connectivity index (χ2n) is 15.8. The number of rotatable bonds is 27. The van der Waals surface area contributed by atoms with Crippen molar-refractivity contribution in [2.45, 2.75) is 132 Å². The lowest BCUT2D eigenvalue weighted by molar-refractivity contribution is -0.166. The summed E-state index contributed by atoms with van der Waals surface area (Å²) in [6, 6.07) is 4.73. The number of unbranched alkanes of at least 4 members (excludes halogenated alkanes) is 3. The number of benzene rings is 1. The van der Waals surface area contributed by atoms with Gasteiger partial charge in [0.2, 0.25) is 5.91 Å². The summed E-state index contributed by atoms with van der Waals surface area (Å²) in [5, 5.41) is 20.3. The van der Waals surface area contributed by atoms with E-state index in [0.29, 0.717) is 38.5 Å². The van der Waals surface area contributed by atoms with Crippen LogP contribution in [0.15, 0.2) is 18.2 Å². The molecule has 1 aromatic carbocycles. The van der Waals surface area contributed by atoms with E-state index in [1.165, 1.54) is 0 Å². The second kappa shape index (κ2) is 25.6. The highest BCUT2D eigenvalue weighted by Crippen LogP contribution is 2.32. The minimum atomic E-state index is -1.20. The van der Waals surface area contributed by atoms with E-state index in [1.807, 2.05) is 41.5 Å². The molecule has 0 heterocycles. The number of carbonyl (C=O) groups excluding carboxylic acids is 4. The van der Waals surface area contributed by atoms with Crippen LogP contribution in [0.4, 0.5) is 0 Å². The first-order valence-corrected chi connectivity index (χ1v) is 19.9. The van der Waals surface area contributed by atoms with Crippen LogP contribution in [0.3, 0.4) is 0 Å². The van der Waals surface area contributed by atoms with Crippen LogP contribution in [-0.4, -0.2) is 86.7 Å². The van der Waals surface area contributed by atoms with E-state index < -0.39 is 47.5 Å². The maximum absolute atomic E-state index is 13.8. The van der Waals surface area contributed by atoms with Crippen molar-refractivity contribution in [1.82, 2.24) is 16.0 Å². The molecule has 0 aromatic heterocycles. The van der Waals surface area contributed by atoms with Gasteiger partial charge in [-0.2, -0.15) is 0 Å². The molecule has 0 bridgehead atoms. The van der Waals surface area contributed by atoms with Gasteiger partial charge in [0.15, 0.2) is 6.61 Å². The van der Waals surface area contributed by atoms with Crippen molar-refractivity contribution in [3.8, 4) is 11.5 Å². The number of nitrogens with two attached hydrogens (primary N) is 1. The predicted octanol–water partition coefficient (Wildman–Crippen LogP) is 5.36. The van der Waals surface area contributed by atoms with Gasteiger partial charge in [-0.1, -0.05) is 54.4 Å². The van der Waals surface area contributed by atoms with Gasteiger partial charge < -0.3 is 45.7 Å². The smallest absolute Gasteiger partial charge is 0.312 e. The molecule has 0 aliphatic heterocycles. The first kappa shape index (κ1) is 48.6. The third-order valence-electron chi connectivity index (χ3n) is 9.20. The normalized spacial score (nSPS) is 14.5. The Hall–Kier alpha value is -3.42. The Labute approximate surface area is 324 Å². The molecular formula is C41H72N4O9. The highest BCUT2D eigenvalue weighted by molar-refractivity contribution is 5.97. The van der Waals surface area contributed by atoms with Crippen molar-refractivity contribution in [2.75, 3.05) is 40.0 Å². The molecule has 13 nitrogen and oxygen atoms in total. The molecule has 0 spiro atoms. The molecule has 5 atom stereocenters. The molecular weight excluding hydrogens is 692 g/mol. The molecule has 1 unspecified atom stereocenters. The van der Waals surface area contributed by atoms with Crippen molar-refractivity contribution >= 4 is 23.7 Å². The minimum absolute atomic E-state index is 0.0614. The van der Waals surface area contributed by atoms with Crippen LogP contribution in [-0.2, 0) is 23.9 Å². The maximum atomic E-state index is 13.8. The number of methoxy groups -OCH3 is 1. The summed E-state index contributed by atoms with van der Waals surface area (Å²) < 4.78 is 22.7. The minimum Gasteiger partial charge on any atom is -0.493 e. The monoisotopic (exact) mass is 765 g/mol. The van der Waals surface area contributed by atoms with E-state index in [1.54, 1.807) is 46.1 Å². The third kappa shape index (κ3) is 18.8. The van der Waals surface area contributed by atoms with E-state index in [9.17, 15) is 24.3 Å². The standard InChI is InChI=1S/C41H72N4O9/c1-11-13-19-43-36(47)26-53-29-17-18-30(35(23-29)52-22-16-15-21-51-10)39(49)45-37(42)31(27(3)4)24-33(40(50)54-41(7,8)9)34(46)25-32(28(5)6)38(48)44-20-14-12-2/h17-18,23,27-28,31-34,37,46H,11-16,19-22,24-26,42H2,1-10H3,(H,43,47)(H,44,48)(H,45,49)/t31-,32-,33-,34-,37?/m0/s1. The average molecular weight is 765 g/mol. The first-order valence-electron chi connectivity index (χ1n) is 19.9. The van der Waals surface area contributed by atoms with E-state index >= 15 is 0 Å². The Morgan fingerprint density at radius 1 is 0.833 bits per heavy atom. The summed E-state index contributed by atoms with van der Waals surface area (Å²) >= 11 is 0. The van der Waals surface area contributed by atoms with Crippen LogP contribution < -0.4 is 31.2 Å². The van der Waals surface area contributed by atoms with Gasteiger partial charge in [-0.05, 0) is 89.2 Å². The van der Waals surface area contributed by atoms with Crippen molar-refractivity contribution in [3.63, 3.8) is 0 Å². The topological polar surface area (TPSA) is 188 Å². The molecule has 54 heavy (non-hydrogen) atoms. The van der Waals surface area contributed by atoms with Gasteiger partial charge in [-0.3, -0.25) is 19.2 Å². The molecule has 0 fully saturated rings. The molecule has 0 aliphatic carbocycles. The highest BCUT2D eigenvalue weighted by Gasteiger charge is 2.39. The summed E-state index contributed by atoms with van der Waals surface area (Å²) in [5.41, 5.74) is 6.11. The third-order valence-corrected chi connectivity index (χ3v) is 9.20. The molecule has 0 saturated heterocycles. The maximum Gasteiger partial charge on any atom is 0.312 e. The van der Waals surface area contributed by atoms with Gasteiger partial charge in [0, 0.05) is 38.8 Å². The van der Waals surface area contributed by atoms with Gasteiger partial charge >= 0.3 is 5.97 Å². The van der Waals surface area contributed by atoms with Crippen molar-refractivity contribution in [1.29, 1.82) is 0 Å². The fourth-order valence-corrected chi connectivity index (χ4v) is 5.91. The lowest BCUT2D eigenvalue weighted by atomic mass is 9.78. The van der Waals surface area contributed by atoms with E-state index in [2.05, 4.69) is 16.0 Å². The summed E-state index contributed by atoms with van der Waals surface area (Å²) in [4.78, 5) is 52.9. The largest absolute Gasteiger partial charge is 0.493 e. The zero-order valence-electron chi connectivity index (χ0n) is 34.8. The average Bonchev–Trinajstić information content (AvgIpc) is 3.08. The van der Waals surface area contributed by atoms with Crippen LogP contribution in [0.25, 0.3) is 0 Å². The number of ether oxygens (including phenoxy) is 4. The van der Waals surface area contributed by atoms with E-state index in [-0.39, 0.29) is 54.4 Å². The van der Waals surface area contributed by atoms with Crippen LogP contribution >= 0.6 is 0 Å². The highest BCUT2D eigenvalue weighted by atomic mass is 16.6. The van der Waals surface area contributed by atoms with Gasteiger partial charge in [-0.25, -0.2) is 0 Å². The Morgan fingerprint density at radius 2 is 1.46 bits per heavy atom. The summed E-state index contributed by atoms with van der Waals surface area (Å²) in [6.07, 6.45) is 3.09. The molecule has 1 aromatic rings. The SMILES string of the molecule is CCCCNC(=O)COc1ccc(C(=O)NC(N)[C@@H](C[C@H](C(=O)OC(C)(C)C)[C@@H](O)C[C@H](C(=O)NCCCC)C(C)C)C(C)C)c(OCCCCOC)c1. The summed E-state index contributed by atoms with van der Waals surface area (Å²) in [7, 11) is 1.63. The van der Waals surface area contributed by atoms with Crippen molar-refractivity contribution in [2.24, 2.45) is 35.3 Å². The van der Waals surface area contributed by atoms with Gasteiger partial charge in [0.1, 0.15) is 17.1 Å². The van der Waals surface area contributed by atoms with Crippen molar-refractivity contribution < 1.29 is 43.2 Å². The van der Waals surface area contributed by atoms with Crippen molar-refractivity contribution in [3.05, 3.63) is 23.8 Å². The van der Waals surface area contributed by atoms with Gasteiger partial charge in [0.05, 0.1) is 30.4 Å². The van der Waals surface area contributed by atoms with Crippen LogP contribution in [0.5, 0.6) is 11.5 Å². The molecule has 13 heteroatoms. The number of hydrogen-bond acceptors (Lipinski definition) is 10. The molecule has 1 rings (SSSR count). The quantitative estimate of drug-likeness (QED) is 0.0444. The Morgan fingerprint density at radius 3 is 2.04 bits per heavy atom. The molecule has 6 N–H and O–H groups in total. The number of esters is 1. The van der Waals surface area contributed by atoms with Crippen LogP contribution in [0.1, 0.15) is 124 Å². The Bertz CT molecular complexity index is 1270. The summed E-state index contributed by atoms with van der Waals surface area (Å²) in [6.45, 7) is 18.9. The molecule has 0 saturated carbocycles. The second-order valence-corrected chi connectivity index (χ2v) is 15.8. The number of aliphatic hydroxyl groups is 1. The predicted molar refractivity (Wildman–Crippen MR) is 211 cm³/mol. The molecule has 0 aliphatic rings. The first-order chi connectivity index (χ1) is 25.4. The Balaban J connectivity index is 3.31. The number of aliphatic hydroxyl groups excluding tert-OH is 1. The fourth-order valence-electron chi connectivity index (χ4n) is 5.91. The zero-order chi connectivity index (χ0) is 40.8. The van der Waals surface area contributed by atoms with E-state index in [0.717, 1.165) is 32.1 Å². The van der Waals surface area contributed by atoms with Crippen LogP contribution in [0, 0.1) is 29.6 Å². The lowest BCUT2D eigenvalue weighted by Crippen LogP contribution is -2.50. The zero-order valence-corrected chi connectivity index (χ0v) is 34.8. The number of hydrogen-bond donors (Lipinski definition) is 5. The summed E-state index contributed by atoms with van der Waals surface area (Å²) in [5.74, 6) is -3.07. The van der Waals surface area contributed by atoms with Gasteiger partial charge in [0.25, 0.3) is 11.8 Å². The van der Waals surface area contributed by atoms with E-state index in [4.69, 9.17) is 24.7 Å².